The first kappa shape index (κ1) is 13.5. The van der Waals surface area contributed by atoms with Gasteiger partial charge < -0.3 is 10.6 Å². The van der Waals surface area contributed by atoms with E-state index in [1.54, 1.807) is 0 Å². The minimum atomic E-state index is -0.675. The number of hydrogen-bond donors (Lipinski definition) is 1. The van der Waals surface area contributed by atoms with E-state index in [9.17, 15) is 4.79 Å². The van der Waals surface area contributed by atoms with Crippen molar-refractivity contribution in [2.45, 2.75) is 52.5 Å². The summed E-state index contributed by atoms with van der Waals surface area (Å²) in [5, 5.41) is 0. The molecule has 1 aliphatic heterocycles. The van der Waals surface area contributed by atoms with Gasteiger partial charge in [0, 0.05) is 13.1 Å². The zero-order valence-electron chi connectivity index (χ0n) is 11.1. The third-order valence-corrected chi connectivity index (χ3v) is 3.41. The molecule has 0 aliphatic carbocycles. The van der Waals surface area contributed by atoms with E-state index in [2.05, 4.69) is 20.8 Å². The molecule has 1 amide bonds. The molecule has 0 saturated carbocycles. The van der Waals surface area contributed by atoms with Gasteiger partial charge in [-0.25, -0.2) is 0 Å². The van der Waals surface area contributed by atoms with Crippen LogP contribution in [0.1, 0.15) is 47.0 Å². The summed E-state index contributed by atoms with van der Waals surface area (Å²) in [6.07, 6.45) is 2.95. The number of piperidine rings is 1. The standard InChI is InChI=1S/C13H26N2O/c1-5-6-13(4,14)12(16)15-8-10(2)7-11(3)9-15/h10-11H,5-9,14H2,1-4H3. The Labute approximate surface area is 99.4 Å². The highest BCUT2D eigenvalue weighted by atomic mass is 16.2. The summed E-state index contributed by atoms with van der Waals surface area (Å²) < 4.78 is 0. The van der Waals surface area contributed by atoms with E-state index in [-0.39, 0.29) is 5.91 Å². The molecule has 3 heteroatoms. The van der Waals surface area contributed by atoms with Gasteiger partial charge in [-0.1, -0.05) is 27.2 Å². The first-order valence-corrected chi connectivity index (χ1v) is 6.45. The van der Waals surface area contributed by atoms with Crippen molar-refractivity contribution in [2.24, 2.45) is 17.6 Å². The molecule has 0 aromatic carbocycles. The first-order valence-electron chi connectivity index (χ1n) is 6.45. The van der Waals surface area contributed by atoms with E-state index < -0.39 is 5.54 Å². The van der Waals surface area contributed by atoms with Crippen molar-refractivity contribution in [3.63, 3.8) is 0 Å². The lowest BCUT2D eigenvalue weighted by atomic mass is 9.89. The van der Waals surface area contributed by atoms with E-state index in [0.29, 0.717) is 11.8 Å². The lowest BCUT2D eigenvalue weighted by molar-refractivity contribution is -0.139. The number of hydrogen-bond acceptors (Lipinski definition) is 2. The minimum Gasteiger partial charge on any atom is -0.341 e. The van der Waals surface area contributed by atoms with Crippen LogP contribution >= 0.6 is 0 Å². The molecular weight excluding hydrogens is 200 g/mol. The Bertz CT molecular complexity index is 240. The van der Waals surface area contributed by atoms with Gasteiger partial charge in [-0.05, 0) is 31.6 Å². The van der Waals surface area contributed by atoms with Crippen LogP contribution in [0, 0.1) is 11.8 Å². The fourth-order valence-corrected chi connectivity index (χ4v) is 2.82. The maximum Gasteiger partial charge on any atom is 0.242 e. The molecule has 2 N–H and O–H groups in total. The maximum absolute atomic E-state index is 12.3. The second kappa shape index (κ2) is 5.17. The van der Waals surface area contributed by atoms with Crippen LogP contribution in [0.25, 0.3) is 0 Å². The van der Waals surface area contributed by atoms with Gasteiger partial charge in [-0.2, -0.15) is 0 Å². The number of nitrogens with two attached hydrogens (primary N) is 1. The summed E-state index contributed by atoms with van der Waals surface area (Å²) in [4.78, 5) is 14.3. The maximum atomic E-state index is 12.3. The van der Waals surface area contributed by atoms with Crippen LogP contribution < -0.4 is 5.73 Å². The summed E-state index contributed by atoms with van der Waals surface area (Å²) >= 11 is 0. The molecule has 0 bridgehead atoms. The van der Waals surface area contributed by atoms with Crippen LogP contribution in [0.4, 0.5) is 0 Å². The number of rotatable bonds is 3. The summed E-state index contributed by atoms with van der Waals surface area (Å²) in [5.41, 5.74) is 5.43. The zero-order chi connectivity index (χ0) is 12.3. The van der Waals surface area contributed by atoms with Gasteiger partial charge in [-0.3, -0.25) is 4.79 Å². The lowest BCUT2D eigenvalue weighted by Gasteiger charge is -2.39. The smallest absolute Gasteiger partial charge is 0.242 e. The molecule has 1 rings (SSSR count). The number of likely N-dealkylation sites (tertiary alicyclic amines) is 1. The van der Waals surface area contributed by atoms with Gasteiger partial charge in [0.05, 0.1) is 5.54 Å². The average molecular weight is 226 g/mol. The van der Waals surface area contributed by atoms with Gasteiger partial charge in [0.1, 0.15) is 0 Å². The molecule has 3 atom stereocenters. The number of nitrogens with zero attached hydrogens (tertiary/aromatic N) is 1. The van der Waals surface area contributed by atoms with Crippen molar-refractivity contribution in [2.75, 3.05) is 13.1 Å². The van der Waals surface area contributed by atoms with Crippen molar-refractivity contribution >= 4 is 5.91 Å². The Kier molecular flexibility index (Phi) is 4.36. The quantitative estimate of drug-likeness (QED) is 0.800. The highest BCUT2D eigenvalue weighted by molar-refractivity contribution is 5.85. The molecule has 0 aromatic heterocycles. The second-order valence-electron chi connectivity index (χ2n) is 5.82. The Balaban J connectivity index is 2.65. The summed E-state index contributed by atoms with van der Waals surface area (Å²) in [6.45, 7) is 10.1. The van der Waals surface area contributed by atoms with Crippen LogP contribution in [-0.2, 0) is 4.79 Å². The molecule has 3 unspecified atom stereocenters. The van der Waals surface area contributed by atoms with Crippen molar-refractivity contribution in [1.29, 1.82) is 0 Å². The van der Waals surface area contributed by atoms with E-state index in [4.69, 9.17) is 5.73 Å². The van der Waals surface area contributed by atoms with Crippen molar-refractivity contribution in [3.8, 4) is 0 Å². The highest BCUT2D eigenvalue weighted by Crippen LogP contribution is 2.23. The van der Waals surface area contributed by atoms with Gasteiger partial charge in [-0.15, -0.1) is 0 Å². The Hall–Kier alpha value is -0.570. The molecule has 1 fully saturated rings. The molecule has 0 spiro atoms. The molecular formula is C13H26N2O. The van der Waals surface area contributed by atoms with Gasteiger partial charge in [0.25, 0.3) is 0 Å². The molecule has 0 aromatic rings. The fraction of sp³-hybridized carbons (Fsp3) is 0.923. The molecule has 94 valence electrons. The summed E-state index contributed by atoms with van der Waals surface area (Å²) in [6, 6.07) is 0. The highest BCUT2D eigenvalue weighted by Gasteiger charge is 2.34. The van der Waals surface area contributed by atoms with Crippen molar-refractivity contribution in [3.05, 3.63) is 0 Å². The van der Waals surface area contributed by atoms with Crippen molar-refractivity contribution in [1.82, 2.24) is 4.90 Å². The first-order chi connectivity index (χ1) is 7.36. The number of amides is 1. The van der Waals surface area contributed by atoms with Crippen LogP contribution in [0.3, 0.4) is 0 Å². The Morgan fingerprint density at radius 2 is 1.88 bits per heavy atom. The van der Waals surface area contributed by atoms with Crippen molar-refractivity contribution < 1.29 is 4.79 Å². The average Bonchev–Trinajstić information content (AvgIpc) is 2.14. The monoisotopic (exact) mass is 226 g/mol. The molecule has 1 saturated heterocycles. The second-order valence-corrected chi connectivity index (χ2v) is 5.82. The molecule has 3 nitrogen and oxygen atoms in total. The minimum absolute atomic E-state index is 0.132. The van der Waals surface area contributed by atoms with E-state index >= 15 is 0 Å². The molecule has 16 heavy (non-hydrogen) atoms. The number of carbonyl (C=O) groups is 1. The Morgan fingerprint density at radius 3 is 2.31 bits per heavy atom. The van der Waals surface area contributed by atoms with Crippen LogP contribution in [0.15, 0.2) is 0 Å². The normalized spacial score (nSPS) is 29.9. The SMILES string of the molecule is CCCC(C)(N)C(=O)N1CC(C)CC(C)C1. The van der Waals surface area contributed by atoms with E-state index in [1.165, 1.54) is 6.42 Å². The molecule has 0 radical (unpaired) electrons. The van der Waals surface area contributed by atoms with Crippen LogP contribution in [-0.4, -0.2) is 29.4 Å². The van der Waals surface area contributed by atoms with Gasteiger partial charge >= 0.3 is 0 Å². The third-order valence-electron chi connectivity index (χ3n) is 3.41. The lowest BCUT2D eigenvalue weighted by Crippen LogP contribution is -2.56. The molecule has 1 aliphatic rings. The third kappa shape index (κ3) is 3.21. The largest absolute Gasteiger partial charge is 0.341 e. The topological polar surface area (TPSA) is 46.3 Å². The van der Waals surface area contributed by atoms with Gasteiger partial charge in [0.15, 0.2) is 0 Å². The summed E-state index contributed by atoms with van der Waals surface area (Å²) in [5.74, 6) is 1.34. The van der Waals surface area contributed by atoms with Gasteiger partial charge in [0.2, 0.25) is 5.91 Å². The molecule has 1 heterocycles. The van der Waals surface area contributed by atoms with Crippen LogP contribution in [0.5, 0.6) is 0 Å². The van der Waals surface area contributed by atoms with E-state index in [0.717, 1.165) is 25.9 Å². The summed E-state index contributed by atoms with van der Waals surface area (Å²) in [7, 11) is 0. The predicted molar refractivity (Wildman–Crippen MR) is 67.0 cm³/mol. The zero-order valence-corrected chi connectivity index (χ0v) is 11.1. The fourth-order valence-electron chi connectivity index (χ4n) is 2.82. The van der Waals surface area contributed by atoms with E-state index in [1.807, 2.05) is 11.8 Å². The van der Waals surface area contributed by atoms with Crippen LogP contribution in [0.2, 0.25) is 0 Å². The number of carbonyl (C=O) groups excluding carboxylic acids is 1. The Morgan fingerprint density at radius 1 is 1.38 bits per heavy atom. The predicted octanol–water partition coefficient (Wildman–Crippen LogP) is 2.01.